The summed E-state index contributed by atoms with van der Waals surface area (Å²) in [4.78, 5) is -0.342. The van der Waals surface area contributed by atoms with Gasteiger partial charge in [0, 0.05) is 5.39 Å². The van der Waals surface area contributed by atoms with Crippen LogP contribution in [-0.4, -0.2) is 31.6 Å². The highest BCUT2D eigenvalue weighted by molar-refractivity contribution is 7.97. The van der Waals surface area contributed by atoms with Crippen molar-refractivity contribution in [1.29, 1.82) is 0 Å². The van der Waals surface area contributed by atoms with E-state index < -0.39 is 20.5 Å². The number of rotatable bonds is 3. The lowest BCUT2D eigenvalue weighted by molar-refractivity contribution is 0.383. The zero-order valence-electron chi connectivity index (χ0n) is 14.0. The second kappa shape index (κ2) is 7.92. The average Bonchev–Trinajstić information content (AvgIpc) is 2.53. The molecule has 3 rings (SSSR count). The Morgan fingerprint density at radius 3 is 2.07 bits per heavy atom. The molecule has 0 bridgehead atoms. The van der Waals surface area contributed by atoms with Gasteiger partial charge in [0.1, 0.15) is 11.5 Å². The first-order valence-electron chi connectivity index (χ1n) is 7.39. The SMILES string of the molecule is Cc1ccc(S(=O)(=O)OS(=O)(=O)O)cc1.Oc1ccc2c(O)cccc2c1. The average molecular weight is 412 g/mol. The summed E-state index contributed by atoms with van der Waals surface area (Å²) in [5.74, 6) is 0.459. The molecule has 27 heavy (non-hydrogen) atoms. The Kier molecular flexibility index (Phi) is 6.06. The lowest BCUT2D eigenvalue weighted by Gasteiger charge is -2.01. The zero-order valence-corrected chi connectivity index (χ0v) is 15.6. The Bertz CT molecular complexity index is 1150. The van der Waals surface area contributed by atoms with Crippen molar-refractivity contribution in [1.82, 2.24) is 0 Å². The molecule has 0 saturated carbocycles. The molecule has 0 amide bonds. The summed E-state index contributed by atoms with van der Waals surface area (Å²) >= 11 is 0. The third-order valence-corrected chi connectivity index (χ3v) is 5.58. The van der Waals surface area contributed by atoms with E-state index in [4.69, 9.17) is 9.66 Å². The minimum absolute atomic E-state index is 0.216. The van der Waals surface area contributed by atoms with Gasteiger partial charge in [0.05, 0.1) is 4.90 Å². The molecule has 10 heteroatoms. The number of phenols is 2. The van der Waals surface area contributed by atoms with Gasteiger partial charge < -0.3 is 10.2 Å². The molecule has 0 aliphatic carbocycles. The molecule has 3 aromatic carbocycles. The lowest BCUT2D eigenvalue weighted by atomic mass is 10.1. The number of benzene rings is 3. The summed E-state index contributed by atoms with van der Waals surface area (Å²) in [6.45, 7) is 1.74. The highest BCUT2D eigenvalue weighted by atomic mass is 32.3. The normalized spacial score (nSPS) is 11.6. The molecule has 0 heterocycles. The minimum atomic E-state index is -5.03. The van der Waals surface area contributed by atoms with Crippen LogP contribution in [0.3, 0.4) is 0 Å². The van der Waals surface area contributed by atoms with E-state index in [9.17, 15) is 21.9 Å². The lowest BCUT2D eigenvalue weighted by Crippen LogP contribution is -2.12. The van der Waals surface area contributed by atoms with E-state index in [0.29, 0.717) is 0 Å². The van der Waals surface area contributed by atoms with E-state index in [1.165, 1.54) is 24.3 Å². The maximum atomic E-state index is 11.2. The summed E-state index contributed by atoms with van der Waals surface area (Å²) in [5.41, 5.74) is 0.806. The Labute approximate surface area is 156 Å². The number of phenolic OH excluding ortho intramolecular Hbond substituents is 2. The van der Waals surface area contributed by atoms with Crippen LogP contribution in [0.25, 0.3) is 10.8 Å². The molecule has 144 valence electrons. The van der Waals surface area contributed by atoms with Crippen molar-refractivity contribution in [2.45, 2.75) is 11.8 Å². The van der Waals surface area contributed by atoms with Crippen molar-refractivity contribution in [3.63, 3.8) is 0 Å². The molecule has 8 nitrogen and oxygen atoms in total. The third kappa shape index (κ3) is 5.93. The van der Waals surface area contributed by atoms with Gasteiger partial charge in [-0.3, -0.25) is 4.55 Å². The first-order chi connectivity index (χ1) is 12.5. The molecule has 3 aromatic rings. The Morgan fingerprint density at radius 2 is 1.48 bits per heavy atom. The maximum Gasteiger partial charge on any atom is 0.412 e. The highest BCUT2D eigenvalue weighted by Gasteiger charge is 2.22. The van der Waals surface area contributed by atoms with Crippen molar-refractivity contribution in [3.05, 3.63) is 66.2 Å². The van der Waals surface area contributed by atoms with Crippen LogP contribution in [0.4, 0.5) is 0 Å². The molecule has 3 N–H and O–H groups in total. The van der Waals surface area contributed by atoms with Gasteiger partial charge in [-0.2, -0.15) is 16.8 Å². The van der Waals surface area contributed by atoms with Gasteiger partial charge >= 0.3 is 20.5 Å². The molecule has 0 aliphatic rings. The van der Waals surface area contributed by atoms with Crippen LogP contribution >= 0.6 is 0 Å². The number of hydrogen-bond donors (Lipinski definition) is 3. The van der Waals surface area contributed by atoms with Gasteiger partial charge in [0.25, 0.3) is 0 Å². The van der Waals surface area contributed by atoms with Crippen molar-refractivity contribution in [2.24, 2.45) is 0 Å². The highest BCUT2D eigenvalue weighted by Crippen LogP contribution is 2.26. The first kappa shape index (κ1) is 20.6. The fraction of sp³-hybridized carbons (Fsp3) is 0.0588. The number of aromatic hydroxyl groups is 2. The van der Waals surface area contributed by atoms with Gasteiger partial charge in [-0.05, 0) is 48.7 Å². The summed E-state index contributed by atoms with van der Waals surface area (Å²) in [5, 5.41) is 20.1. The van der Waals surface area contributed by atoms with Crippen LogP contribution < -0.4 is 0 Å². The molecule has 0 aliphatic heterocycles. The van der Waals surface area contributed by atoms with Crippen LogP contribution in [0.15, 0.2) is 65.6 Å². The summed E-state index contributed by atoms with van der Waals surface area (Å²) in [6, 6.07) is 15.4. The minimum Gasteiger partial charge on any atom is -0.508 e. The van der Waals surface area contributed by atoms with E-state index in [0.717, 1.165) is 16.3 Å². The van der Waals surface area contributed by atoms with E-state index >= 15 is 0 Å². The Hall–Kier alpha value is -2.66. The van der Waals surface area contributed by atoms with Crippen LogP contribution in [0, 0.1) is 6.92 Å². The van der Waals surface area contributed by atoms with Gasteiger partial charge in [0.2, 0.25) is 0 Å². The second-order valence-electron chi connectivity index (χ2n) is 5.45. The zero-order chi connectivity index (χ0) is 20.2. The van der Waals surface area contributed by atoms with Gasteiger partial charge in [-0.15, -0.1) is 3.63 Å². The van der Waals surface area contributed by atoms with Crippen LogP contribution in [0.1, 0.15) is 5.56 Å². The number of hydrogen-bond acceptors (Lipinski definition) is 7. The molecular formula is C17H16O8S2. The first-order valence-corrected chi connectivity index (χ1v) is 10.2. The standard InChI is InChI=1S/C10H8O2.C7H8O6S2/c11-8-4-5-9-7(6-8)2-1-3-10(9)12;1-6-2-4-7(5-3-6)14(8,9)13-15(10,11)12/h1-6,11-12H;2-5H,1H3,(H,10,11,12). The summed E-state index contributed by atoms with van der Waals surface area (Å²) < 4.78 is 54.7. The third-order valence-electron chi connectivity index (χ3n) is 3.33. The van der Waals surface area contributed by atoms with Gasteiger partial charge in [0.15, 0.2) is 0 Å². The Morgan fingerprint density at radius 1 is 0.852 bits per heavy atom. The smallest absolute Gasteiger partial charge is 0.412 e. The molecule has 0 unspecified atom stereocenters. The number of aryl methyl sites for hydroxylation is 1. The van der Waals surface area contributed by atoms with Crippen molar-refractivity contribution in [2.75, 3.05) is 0 Å². The Balaban J connectivity index is 0.000000198. The summed E-state index contributed by atoms with van der Waals surface area (Å²) in [6.07, 6.45) is 0. The summed E-state index contributed by atoms with van der Waals surface area (Å²) in [7, 11) is -9.50. The topological polar surface area (TPSA) is 138 Å². The van der Waals surface area contributed by atoms with Crippen molar-refractivity contribution >= 4 is 31.3 Å². The maximum absolute atomic E-state index is 11.2. The molecule has 0 atom stereocenters. The predicted octanol–water partition coefficient (Wildman–Crippen LogP) is 2.75. The molecule has 0 spiro atoms. The van der Waals surface area contributed by atoms with Crippen LogP contribution in [0.2, 0.25) is 0 Å². The fourth-order valence-corrected chi connectivity index (χ4v) is 3.80. The predicted molar refractivity (Wildman–Crippen MR) is 98.3 cm³/mol. The van der Waals surface area contributed by atoms with Crippen LogP contribution in [-0.2, 0) is 24.1 Å². The monoisotopic (exact) mass is 412 g/mol. The fourth-order valence-electron chi connectivity index (χ4n) is 2.11. The second-order valence-corrected chi connectivity index (χ2v) is 8.22. The molecule has 0 aromatic heterocycles. The molecule has 0 saturated heterocycles. The molecule has 0 fully saturated rings. The van der Waals surface area contributed by atoms with E-state index in [1.54, 1.807) is 37.3 Å². The largest absolute Gasteiger partial charge is 0.508 e. The van der Waals surface area contributed by atoms with E-state index in [-0.39, 0.29) is 16.4 Å². The molecule has 0 radical (unpaired) electrons. The van der Waals surface area contributed by atoms with E-state index in [2.05, 4.69) is 3.63 Å². The van der Waals surface area contributed by atoms with E-state index in [1.807, 2.05) is 6.07 Å². The molecular weight excluding hydrogens is 396 g/mol. The van der Waals surface area contributed by atoms with Gasteiger partial charge in [-0.1, -0.05) is 29.8 Å². The quantitative estimate of drug-likeness (QED) is 0.558. The van der Waals surface area contributed by atoms with Crippen molar-refractivity contribution < 1.29 is 35.2 Å². The van der Waals surface area contributed by atoms with Gasteiger partial charge in [-0.25, -0.2) is 0 Å². The van der Waals surface area contributed by atoms with Crippen molar-refractivity contribution in [3.8, 4) is 11.5 Å². The van der Waals surface area contributed by atoms with Crippen LogP contribution in [0.5, 0.6) is 11.5 Å². The number of fused-ring (bicyclic) bond motifs is 1.